The van der Waals surface area contributed by atoms with Gasteiger partial charge in [0.25, 0.3) is 5.91 Å². The first-order valence-corrected chi connectivity index (χ1v) is 6.47. The first-order chi connectivity index (χ1) is 9.18. The molecule has 1 aromatic rings. The molecule has 1 heterocycles. The van der Waals surface area contributed by atoms with Crippen molar-refractivity contribution in [3.05, 3.63) is 35.9 Å². The zero-order valence-electron chi connectivity index (χ0n) is 10.7. The third kappa shape index (κ3) is 3.54. The number of rotatable bonds is 4. The molecule has 1 aliphatic heterocycles. The van der Waals surface area contributed by atoms with Gasteiger partial charge in [-0.2, -0.15) is 0 Å². The number of carbonyl (C=O) groups is 2. The molecule has 0 saturated carbocycles. The van der Waals surface area contributed by atoms with Crippen LogP contribution < -0.4 is 5.32 Å². The van der Waals surface area contributed by atoms with E-state index in [-0.39, 0.29) is 12.5 Å². The van der Waals surface area contributed by atoms with Crippen molar-refractivity contribution in [2.24, 2.45) is 0 Å². The summed E-state index contributed by atoms with van der Waals surface area (Å²) in [5.41, 5.74) is 0.522. The molecule has 0 spiro atoms. The van der Waals surface area contributed by atoms with E-state index in [1.165, 1.54) is 0 Å². The van der Waals surface area contributed by atoms with Gasteiger partial charge in [0.15, 0.2) is 6.10 Å². The van der Waals surface area contributed by atoms with E-state index in [1.807, 2.05) is 6.07 Å². The van der Waals surface area contributed by atoms with Crippen molar-refractivity contribution in [3.8, 4) is 0 Å². The molecule has 0 aromatic heterocycles. The first kappa shape index (κ1) is 13.5. The van der Waals surface area contributed by atoms with Crippen LogP contribution in [0.1, 0.15) is 24.5 Å². The predicted molar refractivity (Wildman–Crippen MR) is 70.2 cm³/mol. The Morgan fingerprint density at radius 3 is 2.47 bits per heavy atom. The number of nitrogens with one attached hydrogen (secondary N) is 1. The monoisotopic (exact) mass is 262 g/mol. The molecule has 1 aromatic carbocycles. The molecule has 2 rings (SSSR count). The summed E-state index contributed by atoms with van der Waals surface area (Å²) in [6.07, 6.45) is 0.811. The number of nitrogens with zero attached hydrogens (tertiary/aromatic N) is 1. The van der Waals surface area contributed by atoms with E-state index < -0.39 is 12.0 Å². The number of hydrogen-bond donors (Lipinski definition) is 2. The molecule has 0 radical (unpaired) electrons. The molecule has 102 valence electrons. The van der Waals surface area contributed by atoms with Gasteiger partial charge in [-0.1, -0.05) is 30.3 Å². The maximum absolute atomic E-state index is 11.7. The lowest BCUT2D eigenvalue weighted by Crippen LogP contribution is -2.40. The summed E-state index contributed by atoms with van der Waals surface area (Å²) in [5, 5.41) is 12.3. The van der Waals surface area contributed by atoms with Gasteiger partial charge in [0, 0.05) is 13.1 Å². The number of aliphatic hydroxyl groups is 1. The Labute approximate surface area is 112 Å². The van der Waals surface area contributed by atoms with Crippen molar-refractivity contribution in [2.45, 2.75) is 18.9 Å². The van der Waals surface area contributed by atoms with Crippen LogP contribution in [0.2, 0.25) is 0 Å². The van der Waals surface area contributed by atoms with Gasteiger partial charge in [-0.05, 0) is 18.4 Å². The largest absolute Gasteiger partial charge is 0.378 e. The Hall–Kier alpha value is -1.88. The van der Waals surface area contributed by atoms with Crippen LogP contribution in [0.5, 0.6) is 0 Å². The van der Waals surface area contributed by atoms with E-state index in [9.17, 15) is 14.7 Å². The van der Waals surface area contributed by atoms with E-state index in [1.54, 1.807) is 29.2 Å². The van der Waals surface area contributed by atoms with Crippen LogP contribution in [0.25, 0.3) is 0 Å². The molecular formula is C14H18N2O3. The lowest BCUT2D eigenvalue weighted by molar-refractivity contribution is -0.135. The highest BCUT2D eigenvalue weighted by Gasteiger charge is 2.21. The van der Waals surface area contributed by atoms with Gasteiger partial charge < -0.3 is 15.3 Å². The lowest BCUT2D eigenvalue weighted by Gasteiger charge is -2.16. The molecule has 0 aliphatic carbocycles. The Morgan fingerprint density at radius 1 is 1.21 bits per heavy atom. The fourth-order valence-electron chi connectivity index (χ4n) is 2.12. The van der Waals surface area contributed by atoms with E-state index in [2.05, 4.69) is 5.32 Å². The molecule has 2 N–H and O–H groups in total. The molecule has 19 heavy (non-hydrogen) atoms. The minimum Gasteiger partial charge on any atom is -0.378 e. The topological polar surface area (TPSA) is 69.6 Å². The summed E-state index contributed by atoms with van der Waals surface area (Å²) in [6.45, 7) is 1.47. The first-order valence-electron chi connectivity index (χ1n) is 6.47. The molecule has 5 nitrogen and oxygen atoms in total. The molecular weight excluding hydrogens is 244 g/mol. The third-order valence-electron chi connectivity index (χ3n) is 3.24. The van der Waals surface area contributed by atoms with Crippen LogP contribution in [-0.4, -0.2) is 41.5 Å². The summed E-state index contributed by atoms with van der Waals surface area (Å²) in [7, 11) is 0. The molecule has 1 atom stereocenters. The lowest BCUT2D eigenvalue weighted by atomic mass is 10.1. The van der Waals surface area contributed by atoms with Crippen LogP contribution in [-0.2, 0) is 9.59 Å². The number of benzene rings is 1. The van der Waals surface area contributed by atoms with Crippen molar-refractivity contribution in [1.29, 1.82) is 0 Å². The van der Waals surface area contributed by atoms with Gasteiger partial charge in [-0.15, -0.1) is 0 Å². The average Bonchev–Trinajstić information content (AvgIpc) is 2.98. The van der Waals surface area contributed by atoms with Gasteiger partial charge in [0.05, 0.1) is 6.54 Å². The maximum Gasteiger partial charge on any atom is 0.253 e. The highest BCUT2D eigenvalue weighted by atomic mass is 16.3. The second-order valence-electron chi connectivity index (χ2n) is 4.62. The van der Waals surface area contributed by atoms with E-state index in [0.717, 1.165) is 25.9 Å². The molecule has 2 amide bonds. The smallest absolute Gasteiger partial charge is 0.253 e. The normalized spacial score (nSPS) is 16.2. The SMILES string of the molecule is O=C(NCC(=O)N1CCCC1)[C@H](O)c1ccccc1. The van der Waals surface area contributed by atoms with Gasteiger partial charge in [-0.3, -0.25) is 9.59 Å². The quantitative estimate of drug-likeness (QED) is 0.828. The van der Waals surface area contributed by atoms with Crippen molar-refractivity contribution < 1.29 is 14.7 Å². The standard InChI is InChI=1S/C14H18N2O3/c17-12(16-8-4-5-9-16)10-15-14(19)13(18)11-6-2-1-3-7-11/h1-3,6-7,13,18H,4-5,8-10H2,(H,15,19)/t13-/m1/s1. The van der Waals surface area contributed by atoms with Gasteiger partial charge in [0.1, 0.15) is 0 Å². The second-order valence-corrected chi connectivity index (χ2v) is 4.62. The van der Waals surface area contributed by atoms with E-state index >= 15 is 0 Å². The molecule has 1 aliphatic rings. The highest BCUT2D eigenvalue weighted by Crippen LogP contribution is 2.12. The fourth-order valence-corrected chi connectivity index (χ4v) is 2.12. The fraction of sp³-hybridized carbons (Fsp3) is 0.429. The van der Waals surface area contributed by atoms with Crippen LogP contribution in [0, 0.1) is 0 Å². The summed E-state index contributed by atoms with van der Waals surface area (Å²) in [6, 6.07) is 8.66. The van der Waals surface area contributed by atoms with Gasteiger partial charge >= 0.3 is 0 Å². The van der Waals surface area contributed by atoms with Crippen LogP contribution in [0.4, 0.5) is 0 Å². The second kappa shape index (κ2) is 6.33. The minimum absolute atomic E-state index is 0.0529. The van der Waals surface area contributed by atoms with Crippen molar-refractivity contribution in [3.63, 3.8) is 0 Å². The highest BCUT2D eigenvalue weighted by molar-refractivity contribution is 5.87. The third-order valence-corrected chi connectivity index (χ3v) is 3.24. The molecule has 0 unspecified atom stereocenters. The zero-order chi connectivity index (χ0) is 13.7. The number of likely N-dealkylation sites (tertiary alicyclic amines) is 1. The maximum atomic E-state index is 11.7. The van der Waals surface area contributed by atoms with E-state index in [0.29, 0.717) is 5.56 Å². The Bertz CT molecular complexity index is 441. The average molecular weight is 262 g/mol. The van der Waals surface area contributed by atoms with Crippen LogP contribution in [0.3, 0.4) is 0 Å². The molecule has 0 bridgehead atoms. The van der Waals surface area contributed by atoms with Crippen molar-refractivity contribution >= 4 is 11.8 Å². The van der Waals surface area contributed by atoms with Gasteiger partial charge in [-0.25, -0.2) is 0 Å². The van der Waals surface area contributed by atoms with Crippen LogP contribution in [0.15, 0.2) is 30.3 Å². The zero-order valence-corrected chi connectivity index (χ0v) is 10.7. The van der Waals surface area contributed by atoms with E-state index in [4.69, 9.17) is 0 Å². The Balaban J connectivity index is 1.82. The summed E-state index contributed by atoms with van der Waals surface area (Å²) in [5.74, 6) is -0.634. The van der Waals surface area contributed by atoms with Crippen LogP contribution >= 0.6 is 0 Å². The van der Waals surface area contributed by atoms with Crippen molar-refractivity contribution in [1.82, 2.24) is 10.2 Å². The number of carbonyl (C=O) groups excluding carboxylic acids is 2. The van der Waals surface area contributed by atoms with Gasteiger partial charge in [0.2, 0.25) is 5.91 Å². The molecule has 1 saturated heterocycles. The predicted octanol–water partition coefficient (Wildman–Crippen LogP) is 0.459. The Kier molecular flexibility index (Phi) is 4.52. The summed E-state index contributed by atoms with van der Waals surface area (Å²) in [4.78, 5) is 25.2. The molecule has 1 fully saturated rings. The molecule has 5 heteroatoms. The number of hydrogen-bond acceptors (Lipinski definition) is 3. The minimum atomic E-state index is -1.23. The summed E-state index contributed by atoms with van der Waals surface area (Å²) >= 11 is 0. The number of aliphatic hydroxyl groups excluding tert-OH is 1. The number of amides is 2. The summed E-state index contributed by atoms with van der Waals surface area (Å²) < 4.78 is 0. The van der Waals surface area contributed by atoms with Crippen molar-refractivity contribution in [2.75, 3.05) is 19.6 Å². The Morgan fingerprint density at radius 2 is 1.84 bits per heavy atom.